The Morgan fingerprint density at radius 1 is 0.958 bits per heavy atom. The van der Waals surface area contributed by atoms with Gasteiger partial charge in [-0.2, -0.15) is 5.10 Å². The fraction of sp³-hybridized carbons (Fsp3) is 0.118. The van der Waals surface area contributed by atoms with E-state index in [0.717, 1.165) is 5.56 Å². The molecule has 0 aliphatic carbocycles. The van der Waals surface area contributed by atoms with Crippen molar-refractivity contribution in [1.29, 1.82) is 0 Å². The van der Waals surface area contributed by atoms with Gasteiger partial charge < -0.3 is 5.32 Å². The molecule has 2 amide bonds. The molecule has 0 saturated carbocycles. The van der Waals surface area contributed by atoms with Crippen LogP contribution in [0.5, 0.6) is 0 Å². The molecule has 2 aromatic carbocycles. The van der Waals surface area contributed by atoms with Crippen LogP contribution >= 0.6 is 23.2 Å². The molecule has 0 unspecified atom stereocenters. The molecule has 0 aromatic heterocycles. The Balaban J connectivity index is 1.73. The minimum atomic E-state index is -0.352. The molecule has 24 heavy (non-hydrogen) atoms. The summed E-state index contributed by atoms with van der Waals surface area (Å²) in [5, 5.41) is 7.55. The number of hydrogen-bond donors (Lipinski definition) is 2. The summed E-state index contributed by atoms with van der Waals surface area (Å²) in [5.74, 6) is -0.644. The summed E-state index contributed by atoms with van der Waals surface area (Å²) in [7, 11) is 0. The van der Waals surface area contributed by atoms with Gasteiger partial charge in [-0.15, -0.1) is 0 Å². The highest BCUT2D eigenvalue weighted by atomic mass is 35.5. The van der Waals surface area contributed by atoms with Gasteiger partial charge in [0.2, 0.25) is 11.8 Å². The van der Waals surface area contributed by atoms with Gasteiger partial charge in [0.15, 0.2) is 0 Å². The van der Waals surface area contributed by atoms with Gasteiger partial charge in [-0.3, -0.25) is 9.59 Å². The predicted octanol–water partition coefficient (Wildman–Crippen LogP) is 3.86. The zero-order valence-corrected chi connectivity index (χ0v) is 14.1. The van der Waals surface area contributed by atoms with Crippen molar-refractivity contribution in [2.75, 3.05) is 5.32 Å². The van der Waals surface area contributed by atoms with Crippen molar-refractivity contribution < 1.29 is 9.59 Å². The van der Waals surface area contributed by atoms with Gasteiger partial charge in [0.1, 0.15) is 0 Å². The first-order chi connectivity index (χ1) is 11.5. The lowest BCUT2D eigenvalue weighted by atomic mass is 10.2. The molecule has 5 nitrogen and oxygen atoms in total. The van der Waals surface area contributed by atoms with Gasteiger partial charge in [0, 0.05) is 17.9 Å². The molecule has 0 saturated heterocycles. The van der Waals surface area contributed by atoms with Crippen LogP contribution in [-0.2, 0) is 9.59 Å². The van der Waals surface area contributed by atoms with E-state index >= 15 is 0 Å². The Morgan fingerprint density at radius 3 is 2.33 bits per heavy atom. The fourth-order valence-corrected chi connectivity index (χ4v) is 2.09. The summed E-state index contributed by atoms with van der Waals surface area (Å²) in [4.78, 5) is 23.5. The number of anilines is 1. The number of para-hydroxylation sites is 1. The monoisotopic (exact) mass is 363 g/mol. The molecular formula is C17H15Cl2N3O2. The number of carbonyl (C=O) groups excluding carboxylic acids is 2. The number of nitrogens with one attached hydrogen (secondary N) is 2. The average molecular weight is 364 g/mol. The van der Waals surface area contributed by atoms with Crippen LogP contribution in [0.15, 0.2) is 53.6 Å². The summed E-state index contributed by atoms with van der Waals surface area (Å²) in [6, 6.07) is 13.9. The smallest absolute Gasteiger partial charge is 0.240 e. The standard InChI is InChI=1S/C17H15Cl2N3O2/c18-13-7-5-12(6-8-13)11-20-22-17(24)10-9-16(23)21-15-4-2-1-3-14(15)19/h1-8,11H,9-10H2,(H,21,23)(H,22,24)/b20-11+. The highest BCUT2D eigenvalue weighted by Crippen LogP contribution is 2.20. The van der Waals surface area contributed by atoms with Crippen LogP contribution in [0.1, 0.15) is 18.4 Å². The Labute approximate surface area is 149 Å². The molecule has 2 N–H and O–H groups in total. The molecule has 0 radical (unpaired) electrons. The second kappa shape index (κ2) is 9.05. The third-order valence-electron chi connectivity index (χ3n) is 3.00. The average Bonchev–Trinajstić information content (AvgIpc) is 2.57. The third kappa shape index (κ3) is 6.02. The summed E-state index contributed by atoms with van der Waals surface area (Å²) in [6.07, 6.45) is 1.56. The number of rotatable bonds is 6. The first-order valence-corrected chi connectivity index (χ1v) is 7.92. The van der Waals surface area contributed by atoms with E-state index in [1.165, 1.54) is 6.21 Å². The molecule has 2 rings (SSSR count). The zero-order chi connectivity index (χ0) is 17.4. The molecular weight excluding hydrogens is 349 g/mol. The van der Waals surface area contributed by atoms with E-state index in [-0.39, 0.29) is 24.7 Å². The minimum Gasteiger partial charge on any atom is -0.325 e. The van der Waals surface area contributed by atoms with E-state index < -0.39 is 0 Å². The highest BCUT2D eigenvalue weighted by molar-refractivity contribution is 6.33. The molecule has 0 heterocycles. The maximum atomic E-state index is 11.8. The number of halogens is 2. The van der Waals surface area contributed by atoms with Gasteiger partial charge in [-0.25, -0.2) is 5.43 Å². The Bertz CT molecular complexity index is 746. The molecule has 7 heteroatoms. The Morgan fingerprint density at radius 2 is 1.62 bits per heavy atom. The highest BCUT2D eigenvalue weighted by Gasteiger charge is 2.08. The van der Waals surface area contributed by atoms with E-state index in [4.69, 9.17) is 23.2 Å². The van der Waals surface area contributed by atoms with E-state index in [9.17, 15) is 9.59 Å². The van der Waals surface area contributed by atoms with Crippen molar-refractivity contribution in [2.45, 2.75) is 12.8 Å². The first-order valence-electron chi connectivity index (χ1n) is 7.16. The number of benzene rings is 2. The maximum Gasteiger partial charge on any atom is 0.240 e. The van der Waals surface area contributed by atoms with Crippen molar-refractivity contribution in [3.05, 3.63) is 64.1 Å². The molecule has 2 aromatic rings. The van der Waals surface area contributed by atoms with Crippen molar-refractivity contribution in [3.63, 3.8) is 0 Å². The second-order valence-corrected chi connectivity index (χ2v) is 5.72. The number of hydrogen-bond acceptors (Lipinski definition) is 3. The molecule has 0 atom stereocenters. The van der Waals surface area contributed by atoms with Gasteiger partial charge >= 0.3 is 0 Å². The number of nitrogens with zero attached hydrogens (tertiary/aromatic N) is 1. The van der Waals surface area contributed by atoms with Crippen molar-refractivity contribution in [2.24, 2.45) is 5.10 Å². The quantitative estimate of drug-likeness (QED) is 0.604. The van der Waals surface area contributed by atoms with Crippen LogP contribution in [0.2, 0.25) is 10.0 Å². The van der Waals surface area contributed by atoms with Crippen LogP contribution in [0.3, 0.4) is 0 Å². The SMILES string of the molecule is O=C(CCC(=O)Nc1ccccc1Cl)N/N=C/c1ccc(Cl)cc1. The van der Waals surface area contributed by atoms with E-state index in [1.807, 2.05) is 0 Å². The summed E-state index contributed by atoms with van der Waals surface area (Å²) >= 11 is 11.7. The van der Waals surface area contributed by atoms with Crippen molar-refractivity contribution in [3.8, 4) is 0 Å². The molecule has 124 valence electrons. The Hall–Kier alpha value is -2.37. The minimum absolute atomic E-state index is 0.0221. The normalized spacial score (nSPS) is 10.6. The van der Waals surface area contributed by atoms with Gasteiger partial charge in [-0.1, -0.05) is 47.5 Å². The zero-order valence-electron chi connectivity index (χ0n) is 12.6. The van der Waals surface area contributed by atoms with Crippen LogP contribution < -0.4 is 10.7 Å². The van der Waals surface area contributed by atoms with Gasteiger partial charge in [-0.05, 0) is 29.8 Å². The van der Waals surface area contributed by atoms with E-state index in [0.29, 0.717) is 15.7 Å². The van der Waals surface area contributed by atoms with Gasteiger partial charge in [0.25, 0.3) is 0 Å². The molecule has 0 spiro atoms. The summed E-state index contributed by atoms with van der Waals surface area (Å²) < 4.78 is 0. The molecule has 0 aliphatic heterocycles. The van der Waals surface area contributed by atoms with Crippen LogP contribution in [0, 0.1) is 0 Å². The fourth-order valence-electron chi connectivity index (χ4n) is 1.79. The number of carbonyl (C=O) groups is 2. The van der Waals surface area contributed by atoms with E-state index in [1.54, 1.807) is 48.5 Å². The number of hydrazone groups is 1. The Kier molecular flexibility index (Phi) is 6.78. The first kappa shape index (κ1) is 18.0. The van der Waals surface area contributed by atoms with Crippen molar-refractivity contribution >= 4 is 46.9 Å². The van der Waals surface area contributed by atoms with Crippen LogP contribution in [0.4, 0.5) is 5.69 Å². The topological polar surface area (TPSA) is 70.6 Å². The van der Waals surface area contributed by atoms with Crippen LogP contribution in [0.25, 0.3) is 0 Å². The second-order valence-electron chi connectivity index (χ2n) is 4.87. The van der Waals surface area contributed by atoms with Gasteiger partial charge in [0.05, 0.1) is 16.9 Å². The third-order valence-corrected chi connectivity index (χ3v) is 3.58. The van der Waals surface area contributed by atoms with Crippen LogP contribution in [-0.4, -0.2) is 18.0 Å². The lowest BCUT2D eigenvalue weighted by molar-refractivity contribution is -0.124. The maximum absolute atomic E-state index is 11.8. The molecule has 0 aliphatic rings. The lowest BCUT2D eigenvalue weighted by Gasteiger charge is -2.06. The molecule has 0 fully saturated rings. The van der Waals surface area contributed by atoms with Crippen molar-refractivity contribution in [1.82, 2.24) is 5.43 Å². The number of amides is 2. The van der Waals surface area contributed by atoms with E-state index in [2.05, 4.69) is 15.8 Å². The lowest BCUT2D eigenvalue weighted by Crippen LogP contribution is -2.20. The largest absolute Gasteiger partial charge is 0.325 e. The summed E-state index contributed by atoms with van der Waals surface area (Å²) in [5.41, 5.74) is 3.69. The molecule has 0 bridgehead atoms. The predicted molar refractivity (Wildman–Crippen MR) is 96.5 cm³/mol. The summed E-state index contributed by atoms with van der Waals surface area (Å²) in [6.45, 7) is 0.